The van der Waals surface area contributed by atoms with Gasteiger partial charge >= 0.3 is 17.9 Å². The monoisotopic (exact) mass is 248 g/mol. The molecule has 0 aromatic rings. The van der Waals surface area contributed by atoms with Crippen molar-refractivity contribution in [3.8, 4) is 0 Å². The number of ether oxygens (including phenoxy) is 1. The van der Waals surface area contributed by atoms with Gasteiger partial charge in [0.05, 0.1) is 6.42 Å². The van der Waals surface area contributed by atoms with Crippen LogP contribution in [0.5, 0.6) is 0 Å². The fraction of sp³-hybridized carbons (Fsp3) is 0.700. The molecule has 7 nitrogen and oxygen atoms in total. The van der Waals surface area contributed by atoms with Gasteiger partial charge in [0.2, 0.25) is 0 Å². The van der Waals surface area contributed by atoms with Crippen LogP contribution in [-0.4, -0.2) is 45.4 Å². The van der Waals surface area contributed by atoms with E-state index >= 15 is 0 Å². The standard InChI is InChI=1S/C10H16O7/c1-2-3-4-6(9(13)14)17-7(10(15)16)5-8(11)12/h6-7H,2-5H2,1H3,(H,11,12)(H,13,14)(H,15,16). The second-order valence-electron chi connectivity index (χ2n) is 3.53. The maximum Gasteiger partial charge on any atom is 0.333 e. The molecule has 98 valence electrons. The van der Waals surface area contributed by atoms with Crippen LogP contribution < -0.4 is 0 Å². The van der Waals surface area contributed by atoms with Crippen molar-refractivity contribution in [1.29, 1.82) is 0 Å². The van der Waals surface area contributed by atoms with Crippen molar-refractivity contribution in [3.63, 3.8) is 0 Å². The van der Waals surface area contributed by atoms with Crippen molar-refractivity contribution in [1.82, 2.24) is 0 Å². The van der Waals surface area contributed by atoms with Crippen LogP contribution in [0.1, 0.15) is 32.6 Å². The molecular formula is C10H16O7. The highest BCUT2D eigenvalue weighted by Gasteiger charge is 2.28. The minimum absolute atomic E-state index is 0.162. The van der Waals surface area contributed by atoms with Crippen LogP contribution in [0.3, 0.4) is 0 Å². The molecule has 0 saturated carbocycles. The van der Waals surface area contributed by atoms with Gasteiger partial charge < -0.3 is 20.1 Å². The molecule has 0 aliphatic rings. The van der Waals surface area contributed by atoms with Gasteiger partial charge in [-0.15, -0.1) is 0 Å². The first-order valence-corrected chi connectivity index (χ1v) is 5.21. The molecule has 7 heteroatoms. The Kier molecular flexibility index (Phi) is 6.88. The van der Waals surface area contributed by atoms with Crippen LogP contribution >= 0.6 is 0 Å². The van der Waals surface area contributed by atoms with Crippen molar-refractivity contribution in [3.05, 3.63) is 0 Å². The summed E-state index contributed by atoms with van der Waals surface area (Å²) in [6.45, 7) is 1.85. The van der Waals surface area contributed by atoms with Gasteiger partial charge in [-0.1, -0.05) is 19.8 Å². The molecule has 0 amide bonds. The molecule has 0 aromatic carbocycles. The van der Waals surface area contributed by atoms with Crippen molar-refractivity contribution in [2.45, 2.75) is 44.8 Å². The third-order valence-corrected chi connectivity index (χ3v) is 2.06. The lowest BCUT2D eigenvalue weighted by molar-refractivity contribution is -0.170. The van der Waals surface area contributed by atoms with Crippen molar-refractivity contribution in [2.24, 2.45) is 0 Å². The van der Waals surface area contributed by atoms with Crippen LogP contribution in [0.15, 0.2) is 0 Å². The number of unbranched alkanes of at least 4 members (excludes halogenated alkanes) is 1. The lowest BCUT2D eigenvalue weighted by Crippen LogP contribution is -2.35. The third kappa shape index (κ3) is 6.52. The minimum atomic E-state index is -1.63. The Morgan fingerprint density at radius 2 is 1.59 bits per heavy atom. The lowest BCUT2D eigenvalue weighted by atomic mass is 10.1. The molecule has 0 rings (SSSR count). The highest BCUT2D eigenvalue weighted by Crippen LogP contribution is 2.11. The van der Waals surface area contributed by atoms with Gasteiger partial charge in [-0.25, -0.2) is 9.59 Å². The van der Waals surface area contributed by atoms with Crippen LogP contribution in [0.2, 0.25) is 0 Å². The average Bonchev–Trinajstić information content (AvgIpc) is 2.21. The van der Waals surface area contributed by atoms with E-state index in [1.54, 1.807) is 0 Å². The molecule has 0 saturated heterocycles. The smallest absolute Gasteiger partial charge is 0.333 e. The molecule has 2 unspecified atom stereocenters. The summed E-state index contributed by atoms with van der Waals surface area (Å²) in [5.74, 6) is -4.11. The van der Waals surface area contributed by atoms with Gasteiger partial charge in [0.1, 0.15) is 0 Å². The van der Waals surface area contributed by atoms with E-state index in [0.717, 1.165) is 6.42 Å². The van der Waals surface area contributed by atoms with Gasteiger partial charge in [0.15, 0.2) is 12.2 Å². The quantitative estimate of drug-likeness (QED) is 0.545. The second kappa shape index (κ2) is 7.61. The number of carboxylic acids is 3. The van der Waals surface area contributed by atoms with Gasteiger partial charge in [-0.05, 0) is 6.42 Å². The van der Waals surface area contributed by atoms with E-state index in [2.05, 4.69) is 0 Å². The summed E-state index contributed by atoms with van der Waals surface area (Å²) in [7, 11) is 0. The Morgan fingerprint density at radius 3 is 1.94 bits per heavy atom. The zero-order chi connectivity index (χ0) is 13.4. The average molecular weight is 248 g/mol. The predicted octanol–water partition coefficient (Wildman–Crippen LogP) is 0.574. The van der Waals surface area contributed by atoms with Crippen molar-refractivity contribution in [2.75, 3.05) is 0 Å². The minimum Gasteiger partial charge on any atom is -0.481 e. The molecular weight excluding hydrogens is 232 g/mol. The topological polar surface area (TPSA) is 121 Å². The van der Waals surface area contributed by atoms with E-state index in [1.807, 2.05) is 6.92 Å². The first kappa shape index (κ1) is 15.4. The molecule has 0 aliphatic carbocycles. The fourth-order valence-electron chi connectivity index (χ4n) is 1.19. The highest BCUT2D eigenvalue weighted by molar-refractivity contribution is 5.80. The third-order valence-electron chi connectivity index (χ3n) is 2.06. The number of carbonyl (C=O) groups is 3. The van der Waals surface area contributed by atoms with Gasteiger partial charge in [0.25, 0.3) is 0 Å². The maximum atomic E-state index is 10.8. The summed E-state index contributed by atoms with van der Waals surface area (Å²) >= 11 is 0. The summed E-state index contributed by atoms with van der Waals surface area (Å²) < 4.78 is 4.81. The molecule has 0 bridgehead atoms. The predicted molar refractivity (Wildman–Crippen MR) is 55.7 cm³/mol. The summed E-state index contributed by atoms with van der Waals surface area (Å²) in [5.41, 5.74) is 0. The molecule has 0 fully saturated rings. The molecule has 0 aliphatic heterocycles. The molecule has 2 atom stereocenters. The van der Waals surface area contributed by atoms with E-state index in [4.69, 9.17) is 20.1 Å². The molecule has 0 aromatic heterocycles. The zero-order valence-corrected chi connectivity index (χ0v) is 9.46. The first-order chi connectivity index (χ1) is 7.88. The van der Waals surface area contributed by atoms with E-state index < -0.39 is 36.5 Å². The summed E-state index contributed by atoms with van der Waals surface area (Å²) in [6, 6.07) is 0. The lowest BCUT2D eigenvalue weighted by Gasteiger charge is -2.17. The maximum absolute atomic E-state index is 10.8. The Hall–Kier alpha value is -1.63. The molecule has 0 heterocycles. The van der Waals surface area contributed by atoms with Crippen LogP contribution in [0, 0.1) is 0 Å². The fourth-order valence-corrected chi connectivity index (χ4v) is 1.19. The van der Waals surface area contributed by atoms with Crippen LogP contribution in [0.25, 0.3) is 0 Å². The molecule has 0 radical (unpaired) electrons. The Bertz CT molecular complexity index is 286. The van der Waals surface area contributed by atoms with E-state index in [0.29, 0.717) is 6.42 Å². The van der Waals surface area contributed by atoms with Gasteiger partial charge in [0, 0.05) is 0 Å². The van der Waals surface area contributed by atoms with Gasteiger partial charge in [-0.3, -0.25) is 4.79 Å². The Labute approximate surface area is 98.0 Å². The van der Waals surface area contributed by atoms with E-state index in [9.17, 15) is 14.4 Å². The number of carboxylic acid groups (broad SMARTS) is 3. The summed E-state index contributed by atoms with van der Waals surface area (Å²) in [5, 5.41) is 26.0. The number of aliphatic carboxylic acids is 3. The molecule has 0 spiro atoms. The van der Waals surface area contributed by atoms with Crippen molar-refractivity contribution >= 4 is 17.9 Å². The first-order valence-electron chi connectivity index (χ1n) is 5.21. The Balaban J connectivity index is 4.50. The largest absolute Gasteiger partial charge is 0.481 e. The number of hydrogen-bond acceptors (Lipinski definition) is 4. The Morgan fingerprint density at radius 1 is 1.06 bits per heavy atom. The highest BCUT2D eigenvalue weighted by atomic mass is 16.5. The summed E-state index contributed by atoms with van der Waals surface area (Å²) in [6.07, 6.45) is -2.21. The molecule has 17 heavy (non-hydrogen) atoms. The van der Waals surface area contributed by atoms with Crippen LogP contribution in [-0.2, 0) is 19.1 Å². The van der Waals surface area contributed by atoms with E-state index in [1.165, 1.54) is 0 Å². The SMILES string of the molecule is CCCCC(OC(CC(=O)O)C(=O)O)C(=O)O. The zero-order valence-electron chi connectivity index (χ0n) is 9.46. The van der Waals surface area contributed by atoms with E-state index in [-0.39, 0.29) is 6.42 Å². The van der Waals surface area contributed by atoms with Gasteiger partial charge in [-0.2, -0.15) is 0 Å². The number of hydrogen-bond donors (Lipinski definition) is 3. The molecule has 3 N–H and O–H groups in total. The normalized spacial score (nSPS) is 13.9. The second-order valence-corrected chi connectivity index (χ2v) is 3.53. The van der Waals surface area contributed by atoms with Crippen LogP contribution in [0.4, 0.5) is 0 Å². The summed E-state index contributed by atoms with van der Waals surface area (Å²) in [4.78, 5) is 31.9. The van der Waals surface area contributed by atoms with Crippen molar-refractivity contribution < 1.29 is 34.4 Å². The number of rotatable bonds is 9.